The van der Waals surface area contributed by atoms with Crippen molar-refractivity contribution in [3.8, 4) is 0 Å². The van der Waals surface area contributed by atoms with Crippen LogP contribution >= 0.6 is 0 Å². The van der Waals surface area contributed by atoms with Gasteiger partial charge in [0.05, 0.1) is 18.3 Å². The Bertz CT molecular complexity index is 800. The van der Waals surface area contributed by atoms with Gasteiger partial charge >= 0.3 is 12.7 Å². The highest BCUT2D eigenvalue weighted by molar-refractivity contribution is 5.77. The van der Waals surface area contributed by atoms with Gasteiger partial charge in [-0.05, 0) is 19.3 Å². The lowest BCUT2D eigenvalue weighted by molar-refractivity contribution is -0.357. The number of alkyl halides is 6. The quantitative estimate of drug-likeness (QED) is 0.520. The lowest BCUT2D eigenvalue weighted by Crippen LogP contribution is -2.42. The molecule has 1 aromatic heterocycles. The lowest BCUT2D eigenvalue weighted by Gasteiger charge is -2.34. The van der Waals surface area contributed by atoms with Gasteiger partial charge in [0.25, 0.3) is 0 Å². The Labute approximate surface area is 178 Å². The van der Waals surface area contributed by atoms with Crippen molar-refractivity contribution in [2.45, 2.75) is 69.1 Å². The van der Waals surface area contributed by atoms with E-state index >= 15 is 0 Å². The maximum Gasteiger partial charge on any atom is 0.522 e. The maximum atomic E-state index is 12.2. The summed E-state index contributed by atoms with van der Waals surface area (Å²) in [7, 11) is 0. The average molecular weight is 473 g/mol. The number of aromatic nitrogens is 2. The number of hydrogen-bond donors (Lipinski definition) is 1. The summed E-state index contributed by atoms with van der Waals surface area (Å²) in [6, 6.07) is 0. The van der Waals surface area contributed by atoms with Gasteiger partial charge < -0.3 is 14.5 Å². The first-order valence-corrected chi connectivity index (χ1v) is 9.77. The molecule has 0 bridgehead atoms. The van der Waals surface area contributed by atoms with Crippen LogP contribution in [0.15, 0.2) is 11.0 Å². The molecule has 8 nitrogen and oxygen atoms in total. The predicted molar refractivity (Wildman–Crippen MR) is 93.8 cm³/mol. The molecule has 0 aliphatic heterocycles. The molecule has 2 aliphatic rings. The zero-order valence-corrected chi connectivity index (χ0v) is 16.7. The Morgan fingerprint density at radius 1 is 1.00 bits per heavy atom. The van der Waals surface area contributed by atoms with Gasteiger partial charge in [-0.15, -0.1) is 36.5 Å². The molecule has 0 spiro atoms. The normalized spacial score (nSPS) is 25.7. The molecule has 0 radical (unpaired) electrons. The highest BCUT2D eigenvalue weighted by Crippen LogP contribution is 2.41. The zero-order valence-electron chi connectivity index (χ0n) is 16.7. The Kier molecular flexibility index (Phi) is 7.45. The van der Waals surface area contributed by atoms with Crippen molar-refractivity contribution in [1.29, 1.82) is 0 Å². The third kappa shape index (κ3) is 7.45. The smallest absolute Gasteiger partial charge is 0.421 e. The number of amides is 1. The van der Waals surface area contributed by atoms with E-state index in [1.54, 1.807) is 0 Å². The molecular formula is C18H21F6N3O5. The van der Waals surface area contributed by atoms with E-state index < -0.39 is 36.9 Å². The van der Waals surface area contributed by atoms with Crippen molar-refractivity contribution in [3.05, 3.63) is 18.4 Å². The molecule has 32 heavy (non-hydrogen) atoms. The second-order valence-electron chi connectivity index (χ2n) is 7.59. The Balaban J connectivity index is 1.28. The summed E-state index contributed by atoms with van der Waals surface area (Å²) < 4.78 is 91.0. The van der Waals surface area contributed by atoms with Crippen LogP contribution in [0.3, 0.4) is 0 Å². The SMILES string of the molecule is C=C(CCNC(=O)CO[C@H]1C[C@@H](OC(F)(F)F)C1)c1nnc([C@H]2C[C@H](OC(F)(F)F)C2)o1. The number of carbonyl (C=O) groups is 1. The summed E-state index contributed by atoms with van der Waals surface area (Å²) in [5, 5.41) is 10.2. The number of halogens is 6. The molecule has 0 aromatic carbocycles. The third-order valence-corrected chi connectivity index (χ3v) is 5.04. The number of hydrogen-bond acceptors (Lipinski definition) is 7. The van der Waals surface area contributed by atoms with Crippen molar-refractivity contribution < 1.29 is 49.8 Å². The highest BCUT2D eigenvalue weighted by Gasteiger charge is 2.43. The number of carbonyl (C=O) groups excluding carboxylic acids is 1. The van der Waals surface area contributed by atoms with Gasteiger partial charge in [-0.3, -0.25) is 14.3 Å². The van der Waals surface area contributed by atoms with Crippen LogP contribution in [0.1, 0.15) is 49.8 Å². The molecule has 0 atom stereocenters. The summed E-state index contributed by atoms with van der Waals surface area (Å²) >= 11 is 0. The second kappa shape index (κ2) is 9.75. The fourth-order valence-corrected chi connectivity index (χ4v) is 3.24. The van der Waals surface area contributed by atoms with E-state index in [2.05, 4.69) is 31.6 Å². The molecule has 2 aliphatic carbocycles. The van der Waals surface area contributed by atoms with Crippen molar-refractivity contribution >= 4 is 11.5 Å². The average Bonchev–Trinajstić information content (AvgIpc) is 3.07. The van der Waals surface area contributed by atoms with E-state index in [1.165, 1.54) is 0 Å². The molecule has 180 valence electrons. The second-order valence-corrected chi connectivity index (χ2v) is 7.59. The number of nitrogens with one attached hydrogen (secondary N) is 1. The largest absolute Gasteiger partial charge is 0.522 e. The topological polar surface area (TPSA) is 95.7 Å². The van der Waals surface area contributed by atoms with Crippen molar-refractivity contribution in [1.82, 2.24) is 15.5 Å². The Morgan fingerprint density at radius 3 is 2.19 bits per heavy atom. The van der Waals surface area contributed by atoms with Gasteiger partial charge in [-0.2, -0.15) is 0 Å². The van der Waals surface area contributed by atoms with Crippen LogP contribution in [0.25, 0.3) is 5.57 Å². The van der Waals surface area contributed by atoms with Crippen LogP contribution < -0.4 is 5.32 Å². The van der Waals surface area contributed by atoms with E-state index in [0.717, 1.165) is 0 Å². The van der Waals surface area contributed by atoms with E-state index in [-0.39, 0.29) is 63.0 Å². The predicted octanol–water partition coefficient (Wildman–Crippen LogP) is 3.46. The number of rotatable bonds is 10. The third-order valence-electron chi connectivity index (χ3n) is 5.04. The van der Waals surface area contributed by atoms with Gasteiger partial charge in [-0.1, -0.05) is 6.58 Å². The lowest BCUT2D eigenvalue weighted by atomic mass is 9.82. The molecule has 14 heteroatoms. The zero-order chi connectivity index (χ0) is 23.5. The first kappa shape index (κ1) is 24.5. The van der Waals surface area contributed by atoms with Gasteiger partial charge in [0, 0.05) is 30.9 Å². The summed E-state index contributed by atoms with van der Waals surface area (Å²) in [5.41, 5.74) is 0.429. The van der Waals surface area contributed by atoms with Crippen LogP contribution in [0.5, 0.6) is 0 Å². The molecular weight excluding hydrogens is 452 g/mol. The molecule has 2 fully saturated rings. The van der Waals surface area contributed by atoms with Crippen molar-refractivity contribution in [3.63, 3.8) is 0 Å². The first-order valence-electron chi connectivity index (χ1n) is 9.77. The van der Waals surface area contributed by atoms with E-state index in [9.17, 15) is 31.1 Å². The Hall–Kier alpha value is -2.19. The summed E-state index contributed by atoms with van der Waals surface area (Å²) in [4.78, 5) is 11.8. The minimum atomic E-state index is -4.68. The fourth-order valence-electron chi connectivity index (χ4n) is 3.24. The summed E-state index contributed by atoms with van der Waals surface area (Å²) in [5.74, 6) is -0.444. The van der Waals surface area contributed by atoms with Crippen LogP contribution in [0.4, 0.5) is 26.3 Å². The van der Waals surface area contributed by atoms with Gasteiger partial charge in [-0.25, -0.2) is 0 Å². The van der Waals surface area contributed by atoms with Gasteiger partial charge in [0.15, 0.2) is 0 Å². The molecule has 1 heterocycles. The van der Waals surface area contributed by atoms with Gasteiger partial charge in [0.2, 0.25) is 17.7 Å². The van der Waals surface area contributed by atoms with E-state index in [1.807, 2.05) is 0 Å². The maximum absolute atomic E-state index is 12.2. The minimum absolute atomic E-state index is 0.0627. The molecule has 2 saturated carbocycles. The van der Waals surface area contributed by atoms with E-state index in [4.69, 9.17) is 9.15 Å². The van der Waals surface area contributed by atoms with Crippen LogP contribution in [0, 0.1) is 0 Å². The standard InChI is InChI=1S/C18H21F6N3O5/c1-9(15-26-27-16(30-15)10-4-12(5-10)31-17(19,20)21)2-3-25-14(28)8-29-11-6-13(7-11)32-18(22,23)24/h10-13H,1-8H2,(H,25,28)/t10-,11-,12-,13+. The van der Waals surface area contributed by atoms with Crippen molar-refractivity contribution in [2.75, 3.05) is 13.2 Å². The van der Waals surface area contributed by atoms with E-state index in [0.29, 0.717) is 5.57 Å². The Morgan fingerprint density at radius 2 is 1.59 bits per heavy atom. The molecule has 0 saturated heterocycles. The van der Waals surface area contributed by atoms with Crippen molar-refractivity contribution in [2.24, 2.45) is 0 Å². The molecule has 3 rings (SSSR count). The van der Waals surface area contributed by atoms with Gasteiger partial charge in [0.1, 0.15) is 6.61 Å². The van der Waals surface area contributed by atoms with Crippen LogP contribution in [0.2, 0.25) is 0 Å². The summed E-state index contributed by atoms with van der Waals surface area (Å²) in [6.45, 7) is 3.65. The number of ether oxygens (including phenoxy) is 3. The molecule has 1 amide bonds. The molecule has 1 N–H and O–H groups in total. The summed E-state index contributed by atoms with van der Waals surface area (Å²) in [6.07, 6.45) is -11.1. The van der Waals surface area contributed by atoms with Crippen LogP contribution in [-0.4, -0.2) is 60.3 Å². The van der Waals surface area contributed by atoms with Crippen LogP contribution in [-0.2, 0) is 19.0 Å². The first-order chi connectivity index (χ1) is 14.9. The molecule has 0 unspecified atom stereocenters. The number of nitrogens with zero attached hydrogens (tertiary/aromatic N) is 2. The fraction of sp³-hybridized carbons (Fsp3) is 0.722. The molecule has 1 aromatic rings. The highest BCUT2D eigenvalue weighted by atomic mass is 19.4. The minimum Gasteiger partial charge on any atom is -0.421 e. The monoisotopic (exact) mass is 473 g/mol.